The molecule has 1 aromatic rings. The highest BCUT2D eigenvalue weighted by molar-refractivity contribution is 5.84. The van der Waals surface area contributed by atoms with Crippen molar-refractivity contribution < 1.29 is 22.8 Å². The molecule has 0 saturated carbocycles. The number of benzene rings is 1. The van der Waals surface area contributed by atoms with E-state index in [9.17, 15) is 22.8 Å². The summed E-state index contributed by atoms with van der Waals surface area (Å²) in [5.74, 6) is -2.44. The lowest BCUT2D eigenvalue weighted by atomic mass is 9.94. The number of nitrogens with zero attached hydrogens (tertiary/aromatic N) is 3. The third kappa shape index (κ3) is 3.67. The van der Waals surface area contributed by atoms with E-state index in [1.807, 2.05) is 30.3 Å². The molecule has 5 nitrogen and oxygen atoms in total. The lowest BCUT2D eigenvalue weighted by Crippen LogP contribution is -2.47. The summed E-state index contributed by atoms with van der Waals surface area (Å²) in [6.45, 7) is -0.134. The molecule has 2 aliphatic rings. The zero-order chi connectivity index (χ0) is 18.0. The third-order valence-corrected chi connectivity index (χ3v) is 4.61. The number of carbonyl (C=O) groups is 2. The Balaban J connectivity index is 1.63. The summed E-state index contributed by atoms with van der Waals surface area (Å²) in [6.07, 6.45) is -2.14. The van der Waals surface area contributed by atoms with Gasteiger partial charge in [-0.3, -0.25) is 9.59 Å². The Bertz CT molecular complexity index is 667. The fraction of sp³-hybridized carbons (Fsp3) is 0.471. The van der Waals surface area contributed by atoms with Crippen LogP contribution in [0.25, 0.3) is 0 Å². The van der Waals surface area contributed by atoms with Crippen molar-refractivity contribution in [2.45, 2.75) is 31.5 Å². The Morgan fingerprint density at radius 3 is 2.32 bits per heavy atom. The molecule has 1 aromatic carbocycles. The smallest absolute Gasteiger partial charge is 0.335 e. The predicted molar refractivity (Wildman–Crippen MR) is 84.5 cm³/mol. The van der Waals surface area contributed by atoms with Crippen molar-refractivity contribution in [1.29, 1.82) is 0 Å². The number of carbonyl (C=O) groups excluding carboxylic acids is 2. The van der Waals surface area contributed by atoms with Crippen molar-refractivity contribution in [3.05, 3.63) is 35.9 Å². The number of halogens is 3. The first kappa shape index (κ1) is 17.4. The maximum absolute atomic E-state index is 12.7. The summed E-state index contributed by atoms with van der Waals surface area (Å²) in [6, 6.07) is 9.33. The maximum Gasteiger partial charge on any atom is 0.471 e. The van der Waals surface area contributed by atoms with Crippen LogP contribution in [0.3, 0.4) is 0 Å². The molecule has 8 heteroatoms. The van der Waals surface area contributed by atoms with Crippen LogP contribution in [0, 0.1) is 5.92 Å². The summed E-state index contributed by atoms with van der Waals surface area (Å²) in [4.78, 5) is 24.8. The average Bonchev–Trinajstić information content (AvgIpc) is 3.10. The van der Waals surface area contributed by atoms with Crippen LogP contribution in [0.1, 0.15) is 30.9 Å². The first-order valence-corrected chi connectivity index (χ1v) is 8.14. The molecule has 1 atom stereocenters. The largest absolute Gasteiger partial charge is 0.471 e. The normalized spacial score (nSPS) is 21.6. The first-order chi connectivity index (χ1) is 11.9. The molecule has 1 fully saturated rings. The van der Waals surface area contributed by atoms with Crippen LogP contribution in [-0.4, -0.2) is 47.2 Å². The van der Waals surface area contributed by atoms with Gasteiger partial charge in [-0.25, -0.2) is 5.01 Å². The van der Waals surface area contributed by atoms with Crippen LogP contribution < -0.4 is 0 Å². The molecule has 0 N–H and O–H groups in total. The van der Waals surface area contributed by atoms with Gasteiger partial charge in [-0.05, 0) is 18.4 Å². The highest BCUT2D eigenvalue weighted by Gasteiger charge is 2.44. The predicted octanol–water partition coefficient (Wildman–Crippen LogP) is 2.75. The lowest BCUT2D eigenvalue weighted by Gasteiger charge is -2.34. The van der Waals surface area contributed by atoms with Crippen LogP contribution in [0.5, 0.6) is 0 Å². The van der Waals surface area contributed by atoms with Crippen molar-refractivity contribution in [2.24, 2.45) is 11.0 Å². The van der Waals surface area contributed by atoms with Gasteiger partial charge in [-0.2, -0.15) is 18.3 Å². The summed E-state index contributed by atoms with van der Waals surface area (Å²) < 4.78 is 37.5. The zero-order valence-electron chi connectivity index (χ0n) is 13.4. The summed E-state index contributed by atoms with van der Waals surface area (Å²) in [7, 11) is 0. The molecule has 0 aromatic heterocycles. The van der Waals surface area contributed by atoms with E-state index in [-0.39, 0.29) is 37.9 Å². The van der Waals surface area contributed by atoms with Crippen LogP contribution in [-0.2, 0) is 9.59 Å². The second-order valence-electron chi connectivity index (χ2n) is 6.21. The fourth-order valence-corrected chi connectivity index (χ4v) is 3.27. The second kappa shape index (κ2) is 6.85. The topological polar surface area (TPSA) is 53.0 Å². The van der Waals surface area contributed by atoms with Gasteiger partial charge in [0.1, 0.15) is 0 Å². The molecule has 0 bridgehead atoms. The van der Waals surface area contributed by atoms with E-state index in [0.29, 0.717) is 6.42 Å². The van der Waals surface area contributed by atoms with Crippen molar-refractivity contribution in [1.82, 2.24) is 9.91 Å². The first-order valence-electron chi connectivity index (χ1n) is 8.14. The van der Waals surface area contributed by atoms with Gasteiger partial charge in [0.25, 0.3) is 0 Å². The molecular formula is C17H18F3N3O2. The minimum atomic E-state index is -4.87. The van der Waals surface area contributed by atoms with Gasteiger partial charge in [0.15, 0.2) is 0 Å². The van der Waals surface area contributed by atoms with Gasteiger partial charge in [0, 0.05) is 31.6 Å². The lowest BCUT2D eigenvalue weighted by molar-refractivity contribution is -0.187. The number of hydrogen-bond acceptors (Lipinski definition) is 3. The monoisotopic (exact) mass is 353 g/mol. The Morgan fingerprint density at radius 2 is 1.72 bits per heavy atom. The summed E-state index contributed by atoms with van der Waals surface area (Å²) in [5, 5.41) is 5.59. The quantitative estimate of drug-likeness (QED) is 0.821. The zero-order valence-corrected chi connectivity index (χ0v) is 13.4. The molecule has 2 amide bonds. The van der Waals surface area contributed by atoms with Crippen molar-refractivity contribution in [2.75, 3.05) is 13.1 Å². The highest BCUT2D eigenvalue weighted by Crippen LogP contribution is 2.32. The highest BCUT2D eigenvalue weighted by atomic mass is 19.4. The Morgan fingerprint density at radius 1 is 1.08 bits per heavy atom. The maximum atomic E-state index is 12.7. The van der Waals surface area contributed by atoms with Gasteiger partial charge >= 0.3 is 12.1 Å². The molecule has 1 saturated heterocycles. The number of hydrazone groups is 1. The molecule has 0 spiro atoms. The fourth-order valence-electron chi connectivity index (χ4n) is 3.27. The SMILES string of the molecule is O=C(C1CCN(C(=O)C(F)(F)F)CC1)N1N=CCC1c1ccccc1. The Labute approximate surface area is 143 Å². The van der Waals surface area contributed by atoms with E-state index in [0.717, 1.165) is 10.5 Å². The molecule has 1 unspecified atom stereocenters. The van der Waals surface area contributed by atoms with E-state index in [4.69, 9.17) is 0 Å². The molecular weight excluding hydrogens is 335 g/mol. The molecule has 2 heterocycles. The van der Waals surface area contributed by atoms with Crippen LogP contribution in [0.15, 0.2) is 35.4 Å². The Hall–Kier alpha value is -2.38. The Kier molecular flexibility index (Phi) is 4.78. The van der Waals surface area contributed by atoms with Crippen LogP contribution >= 0.6 is 0 Å². The van der Waals surface area contributed by atoms with Crippen molar-refractivity contribution >= 4 is 18.0 Å². The number of piperidine rings is 1. The molecule has 25 heavy (non-hydrogen) atoms. The van der Waals surface area contributed by atoms with Gasteiger partial charge in [-0.15, -0.1) is 0 Å². The van der Waals surface area contributed by atoms with E-state index >= 15 is 0 Å². The van der Waals surface area contributed by atoms with Crippen LogP contribution in [0.4, 0.5) is 13.2 Å². The van der Waals surface area contributed by atoms with Crippen LogP contribution in [0.2, 0.25) is 0 Å². The number of rotatable bonds is 2. The van der Waals surface area contributed by atoms with Crippen molar-refractivity contribution in [3.8, 4) is 0 Å². The van der Waals surface area contributed by atoms with Gasteiger partial charge < -0.3 is 4.90 Å². The van der Waals surface area contributed by atoms with Crippen molar-refractivity contribution in [3.63, 3.8) is 0 Å². The molecule has 3 rings (SSSR count). The summed E-state index contributed by atoms with van der Waals surface area (Å²) in [5.41, 5.74) is 0.970. The molecule has 2 aliphatic heterocycles. The molecule has 0 radical (unpaired) electrons. The number of amides is 2. The molecule has 134 valence electrons. The van der Waals surface area contributed by atoms with E-state index in [1.54, 1.807) is 6.21 Å². The van der Waals surface area contributed by atoms with E-state index < -0.39 is 18.0 Å². The number of likely N-dealkylation sites (tertiary alicyclic amines) is 1. The van der Waals surface area contributed by atoms with Gasteiger partial charge in [0.2, 0.25) is 5.91 Å². The minimum Gasteiger partial charge on any atom is -0.335 e. The van der Waals surface area contributed by atoms with Gasteiger partial charge in [0.05, 0.1) is 6.04 Å². The number of hydrogen-bond donors (Lipinski definition) is 0. The minimum absolute atomic E-state index is 0.0672. The van der Waals surface area contributed by atoms with E-state index in [2.05, 4.69) is 5.10 Å². The molecule has 0 aliphatic carbocycles. The summed E-state index contributed by atoms with van der Waals surface area (Å²) >= 11 is 0. The van der Waals surface area contributed by atoms with Gasteiger partial charge in [-0.1, -0.05) is 30.3 Å². The number of alkyl halides is 3. The second-order valence-corrected chi connectivity index (χ2v) is 6.21. The standard InChI is InChI=1S/C17H18F3N3O2/c18-17(19,20)16(25)22-10-7-13(8-11-22)15(24)23-14(6-9-21-23)12-4-2-1-3-5-12/h1-5,9,13-14H,6-8,10-11H2. The average molecular weight is 353 g/mol. The van der Waals surface area contributed by atoms with E-state index in [1.165, 1.54) is 5.01 Å². The third-order valence-electron chi connectivity index (χ3n) is 4.61.